The number of nitrogens with one attached hydrogen (secondary N) is 3. The summed E-state index contributed by atoms with van der Waals surface area (Å²) in [5.41, 5.74) is 13.2. The Labute approximate surface area is 241 Å². The zero-order chi connectivity index (χ0) is 27.7. The van der Waals surface area contributed by atoms with Gasteiger partial charge in [-0.1, -0.05) is 35.9 Å². The molecule has 2 fully saturated rings. The van der Waals surface area contributed by atoms with Crippen molar-refractivity contribution in [2.24, 2.45) is 0 Å². The lowest BCUT2D eigenvalue weighted by molar-refractivity contribution is 0.0115. The second-order valence-electron chi connectivity index (χ2n) is 11.4. The van der Waals surface area contributed by atoms with Crippen molar-refractivity contribution in [3.8, 4) is 11.1 Å². The summed E-state index contributed by atoms with van der Waals surface area (Å²) >= 11 is 1.69. The maximum absolute atomic E-state index is 13.8. The fraction of sp³-hybridized carbons (Fsp3) is 0.242. The van der Waals surface area contributed by atoms with Crippen LogP contribution >= 0.6 is 11.3 Å². The zero-order valence-electron chi connectivity index (χ0n) is 22.6. The molecule has 5 heterocycles. The van der Waals surface area contributed by atoms with Crippen molar-refractivity contribution in [3.05, 3.63) is 117 Å². The summed E-state index contributed by atoms with van der Waals surface area (Å²) in [6, 6.07) is 15.2. The van der Waals surface area contributed by atoms with Gasteiger partial charge in [-0.3, -0.25) is 4.90 Å². The zero-order valence-corrected chi connectivity index (χ0v) is 23.4. The van der Waals surface area contributed by atoms with E-state index in [0.29, 0.717) is 13.1 Å². The smallest absolute Gasteiger partial charge is 0.261 e. The van der Waals surface area contributed by atoms with E-state index in [1.165, 1.54) is 11.3 Å². The van der Waals surface area contributed by atoms with E-state index >= 15 is 0 Å². The number of imidazole rings is 1. The molecule has 0 spiro atoms. The number of anilines is 1. The second-order valence-corrected chi connectivity index (χ2v) is 12.2. The molecule has 1 atom stereocenters. The molecule has 0 radical (unpaired) electrons. The predicted octanol–water partition coefficient (Wildman–Crippen LogP) is 7.12. The van der Waals surface area contributed by atoms with Gasteiger partial charge in [0, 0.05) is 54.1 Å². The Balaban J connectivity index is 1.15. The molecule has 1 aliphatic carbocycles. The molecule has 2 aromatic carbocycles. The van der Waals surface area contributed by atoms with E-state index in [4.69, 9.17) is 4.98 Å². The predicted molar refractivity (Wildman–Crippen MR) is 161 cm³/mol. The van der Waals surface area contributed by atoms with E-state index in [1.807, 2.05) is 4.90 Å². The molecule has 0 saturated carbocycles. The summed E-state index contributed by atoms with van der Waals surface area (Å²) in [4.78, 5) is 10.7. The van der Waals surface area contributed by atoms with E-state index in [9.17, 15) is 8.78 Å². The van der Waals surface area contributed by atoms with E-state index in [1.54, 1.807) is 11.3 Å². The number of halogens is 2. The Morgan fingerprint density at radius 3 is 2.80 bits per heavy atom. The Hall–Kier alpha value is -4.01. The summed E-state index contributed by atoms with van der Waals surface area (Å²) < 4.78 is 27.6. The van der Waals surface area contributed by atoms with Crippen LogP contribution in [0.2, 0.25) is 0 Å². The molecule has 41 heavy (non-hydrogen) atoms. The lowest BCUT2D eigenvalue weighted by Crippen LogP contribution is -2.24. The van der Waals surface area contributed by atoms with Gasteiger partial charge >= 0.3 is 0 Å². The van der Waals surface area contributed by atoms with Crippen LogP contribution in [0.1, 0.15) is 51.9 Å². The highest BCUT2D eigenvalue weighted by molar-refractivity contribution is 7.08. The topological polar surface area (TPSA) is 65.9 Å². The van der Waals surface area contributed by atoms with Crippen molar-refractivity contribution in [1.29, 1.82) is 0 Å². The molecule has 5 nitrogen and oxygen atoms in total. The van der Waals surface area contributed by atoms with Crippen LogP contribution in [0.3, 0.4) is 0 Å². The van der Waals surface area contributed by atoms with Crippen LogP contribution < -0.4 is 10.6 Å². The SMILES string of the molecule is Cc1cc(CN2CCC(F)(F)C2)cc(-c2ccc3c(c2)C(c2nc4c([nH]2)C2NC2=CC=C4c2ccsc2)=CCN3)c1. The van der Waals surface area contributed by atoms with Gasteiger partial charge in [0.15, 0.2) is 0 Å². The third-order valence-electron chi connectivity index (χ3n) is 8.36. The highest BCUT2D eigenvalue weighted by Gasteiger charge is 2.39. The molecule has 206 valence electrons. The number of benzene rings is 2. The molecule has 3 N–H and O–H groups in total. The lowest BCUT2D eigenvalue weighted by atomic mass is 9.93. The first-order chi connectivity index (χ1) is 19.9. The first-order valence-corrected chi connectivity index (χ1v) is 15.0. The second kappa shape index (κ2) is 9.26. The lowest BCUT2D eigenvalue weighted by Gasteiger charge is -2.20. The number of thiophene rings is 1. The molecule has 2 aromatic heterocycles. The molecule has 3 aliphatic heterocycles. The minimum atomic E-state index is -2.58. The molecule has 4 aromatic rings. The van der Waals surface area contributed by atoms with Crippen molar-refractivity contribution >= 4 is 28.2 Å². The van der Waals surface area contributed by atoms with Crippen LogP contribution in [0.4, 0.5) is 14.5 Å². The summed E-state index contributed by atoms with van der Waals surface area (Å²) in [7, 11) is 0. The van der Waals surface area contributed by atoms with Crippen molar-refractivity contribution in [2.75, 3.05) is 25.0 Å². The quantitative estimate of drug-likeness (QED) is 0.226. The van der Waals surface area contributed by atoms with Gasteiger partial charge in [-0.15, -0.1) is 0 Å². The van der Waals surface area contributed by atoms with E-state index < -0.39 is 5.92 Å². The number of nitrogens with zero attached hydrogens (tertiary/aromatic N) is 2. The Morgan fingerprint density at radius 1 is 1.05 bits per heavy atom. The minimum absolute atomic E-state index is 0.0617. The van der Waals surface area contributed by atoms with Crippen LogP contribution in [0, 0.1) is 6.92 Å². The highest BCUT2D eigenvalue weighted by Crippen LogP contribution is 2.43. The van der Waals surface area contributed by atoms with Crippen LogP contribution in [0.5, 0.6) is 0 Å². The molecular weight excluding hydrogens is 536 g/mol. The number of rotatable bonds is 5. The van der Waals surface area contributed by atoms with Crippen molar-refractivity contribution in [2.45, 2.75) is 31.9 Å². The first kappa shape index (κ1) is 24.8. The van der Waals surface area contributed by atoms with Gasteiger partial charge < -0.3 is 15.6 Å². The molecule has 1 unspecified atom stereocenters. The highest BCUT2D eigenvalue weighted by atomic mass is 32.1. The molecule has 4 aliphatic rings. The number of H-pyrrole nitrogens is 1. The Morgan fingerprint density at radius 2 is 1.98 bits per heavy atom. The molecule has 8 heteroatoms. The number of allylic oxidation sites excluding steroid dienone is 2. The number of likely N-dealkylation sites (tertiary alicyclic amines) is 1. The van der Waals surface area contributed by atoms with Gasteiger partial charge in [0.2, 0.25) is 0 Å². The Kier molecular flexibility index (Phi) is 5.59. The summed E-state index contributed by atoms with van der Waals surface area (Å²) in [6.45, 7) is 3.59. The largest absolute Gasteiger partial charge is 0.381 e. The minimum Gasteiger partial charge on any atom is -0.381 e. The van der Waals surface area contributed by atoms with Gasteiger partial charge in [-0.2, -0.15) is 11.3 Å². The third-order valence-corrected chi connectivity index (χ3v) is 9.05. The Bertz CT molecular complexity index is 1780. The fourth-order valence-electron chi connectivity index (χ4n) is 6.35. The molecule has 0 bridgehead atoms. The number of aryl methyl sites for hydroxylation is 1. The average Bonchev–Trinajstić information content (AvgIpc) is 3.25. The average molecular weight is 566 g/mol. The van der Waals surface area contributed by atoms with Crippen LogP contribution in [0.15, 0.2) is 77.1 Å². The molecular formula is C33H29F2N5S. The number of fused-ring (bicyclic) bond motifs is 4. The molecule has 8 rings (SSSR count). The van der Waals surface area contributed by atoms with Gasteiger partial charge in [-0.25, -0.2) is 13.8 Å². The first-order valence-electron chi connectivity index (χ1n) is 14.0. The van der Waals surface area contributed by atoms with Crippen LogP contribution in [0.25, 0.3) is 22.3 Å². The summed E-state index contributed by atoms with van der Waals surface area (Å²) in [5.74, 6) is -1.72. The standard InChI is InChI=1S/C33H29F2N5S/c1-19-12-20(16-40-10-8-33(34,35)18-40)14-23(13-19)21-2-4-27-26(15-21)25(6-9-36-27)32-38-29-24(22-7-11-41-17-22)3-5-28-30(37-28)31(29)39-32/h2-7,11-15,17,30,36-37H,8-10,16,18H2,1H3,(H,38,39). The van der Waals surface area contributed by atoms with Crippen molar-refractivity contribution in [1.82, 2.24) is 20.2 Å². The molecule has 0 amide bonds. The summed E-state index contributed by atoms with van der Waals surface area (Å²) in [6.07, 6.45) is 6.46. The van der Waals surface area contributed by atoms with Crippen molar-refractivity contribution < 1.29 is 8.78 Å². The number of hydrogen-bond acceptors (Lipinski definition) is 5. The van der Waals surface area contributed by atoms with E-state index in [-0.39, 0.29) is 19.0 Å². The van der Waals surface area contributed by atoms with Gasteiger partial charge in [0.1, 0.15) is 11.9 Å². The number of hydrogen-bond donors (Lipinski definition) is 3. The van der Waals surface area contributed by atoms with Crippen LogP contribution in [-0.2, 0) is 6.54 Å². The number of alkyl halides is 2. The van der Waals surface area contributed by atoms with Crippen molar-refractivity contribution in [3.63, 3.8) is 0 Å². The van der Waals surface area contributed by atoms with Gasteiger partial charge in [-0.05, 0) is 70.3 Å². The van der Waals surface area contributed by atoms with Crippen LogP contribution in [-0.4, -0.2) is 40.4 Å². The third kappa shape index (κ3) is 4.51. The fourth-order valence-corrected chi connectivity index (χ4v) is 7.00. The monoisotopic (exact) mass is 565 g/mol. The van der Waals surface area contributed by atoms with Gasteiger partial charge in [0.25, 0.3) is 5.92 Å². The van der Waals surface area contributed by atoms with E-state index in [2.05, 4.69) is 94.0 Å². The number of aromatic nitrogens is 2. The molecule has 2 saturated heterocycles. The maximum atomic E-state index is 13.8. The number of aromatic amines is 1. The van der Waals surface area contributed by atoms with E-state index in [0.717, 1.165) is 68.4 Å². The van der Waals surface area contributed by atoms with Gasteiger partial charge in [0.05, 0.1) is 17.9 Å². The summed E-state index contributed by atoms with van der Waals surface area (Å²) in [5, 5.41) is 11.3. The maximum Gasteiger partial charge on any atom is 0.261 e. The normalized spacial score (nSPS) is 20.5.